The highest BCUT2D eigenvalue weighted by molar-refractivity contribution is 7.89. The van der Waals surface area contributed by atoms with E-state index in [0.29, 0.717) is 6.54 Å². The molecule has 2 aromatic rings. The van der Waals surface area contributed by atoms with Gasteiger partial charge in [-0.05, 0) is 30.7 Å². The predicted molar refractivity (Wildman–Crippen MR) is 122 cm³/mol. The van der Waals surface area contributed by atoms with Gasteiger partial charge in [0.1, 0.15) is 6.04 Å². The second-order valence-electron chi connectivity index (χ2n) is 7.62. The third-order valence-electron chi connectivity index (χ3n) is 5.41. The number of hydrogen-bond acceptors (Lipinski definition) is 5. The molecular weight excluding hydrogens is 450 g/mol. The Bertz CT molecular complexity index is 1110. The molecule has 0 aromatic heterocycles. The molecule has 1 aliphatic rings. The lowest BCUT2D eigenvalue weighted by atomic mass is 10.2. The van der Waals surface area contributed by atoms with Gasteiger partial charge in [-0.1, -0.05) is 56.2 Å². The van der Waals surface area contributed by atoms with Crippen LogP contribution in [-0.4, -0.2) is 63.6 Å². The minimum absolute atomic E-state index is 0.0388. The maximum Gasteiger partial charge on any atom is 0.243 e. The van der Waals surface area contributed by atoms with Crippen LogP contribution in [0.5, 0.6) is 0 Å². The fraction of sp³-hybridized carbons (Fsp3) is 0.409. The first-order chi connectivity index (χ1) is 15.3. The average molecular weight is 480 g/mol. The molecule has 1 aliphatic heterocycles. The van der Waals surface area contributed by atoms with E-state index in [1.165, 1.54) is 28.6 Å². The molecule has 0 saturated carbocycles. The summed E-state index contributed by atoms with van der Waals surface area (Å²) in [5, 5.41) is 2.79. The van der Waals surface area contributed by atoms with Crippen LogP contribution >= 0.6 is 0 Å². The van der Waals surface area contributed by atoms with Crippen molar-refractivity contribution in [1.82, 2.24) is 13.9 Å². The van der Waals surface area contributed by atoms with Gasteiger partial charge in [0, 0.05) is 26.2 Å². The third kappa shape index (κ3) is 5.37. The molecular formula is C22H29N3O5S2. The SMILES string of the molecule is CCCCCNC(=O)[C@H]1CN(S(=O)(=O)c2ccccc2)CCN1S(=O)(=O)c1ccccc1. The summed E-state index contributed by atoms with van der Waals surface area (Å²) in [6, 6.07) is 14.7. The summed E-state index contributed by atoms with van der Waals surface area (Å²) >= 11 is 0. The number of hydrogen-bond donors (Lipinski definition) is 1. The summed E-state index contributed by atoms with van der Waals surface area (Å²) in [7, 11) is -7.83. The number of amides is 1. The van der Waals surface area contributed by atoms with Crippen molar-refractivity contribution in [1.29, 1.82) is 0 Å². The van der Waals surface area contributed by atoms with Crippen LogP contribution in [-0.2, 0) is 24.8 Å². The lowest BCUT2D eigenvalue weighted by molar-refractivity contribution is -0.125. The maximum atomic E-state index is 13.3. The van der Waals surface area contributed by atoms with Gasteiger partial charge in [0.2, 0.25) is 26.0 Å². The molecule has 8 nitrogen and oxygen atoms in total. The molecule has 0 spiro atoms. The molecule has 1 fully saturated rings. The topological polar surface area (TPSA) is 104 Å². The number of nitrogens with one attached hydrogen (secondary N) is 1. The van der Waals surface area contributed by atoms with Crippen molar-refractivity contribution in [3.63, 3.8) is 0 Å². The van der Waals surface area contributed by atoms with Crippen molar-refractivity contribution in [2.75, 3.05) is 26.2 Å². The molecule has 0 aliphatic carbocycles. The van der Waals surface area contributed by atoms with Gasteiger partial charge in [-0.2, -0.15) is 8.61 Å². The lowest BCUT2D eigenvalue weighted by Crippen LogP contribution is -2.61. The zero-order valence-corrected chi connectivity index (χ0v) is 19.7. The van der Waals surface area contributed by atoms with Crippen molar-refractivity contribution in [3.05, 3.63) is 60.7 Å². The molecule has 32 heavy (non-hydrogen) atoms. The van der Waals surface area contributed by atoms with Gasteiger partial charge in [-0.3, -0.25) is 4.79 Å². The molecule has 0 bridgehead atoms. The van der Waals surface area contributed by atoms with E-state index in [1.54, 1.807) is 36.4 Å². The van der Waals surface area contributed by atoms with Crippen LogP contribution in [0.3, 0.4) is 0 Å². The first-order valence-corrected chi connectivity index (χ1v) is 13.6. The molecule has 0 radical (unpaired) electrons. The van der Waals surface area contributed by atoms with Crippen molar-refractivity contribution in [2.45, 2.75) is 42.0 Å². The molecule has 1 saturated heterocycles. The van der Waals surface area contributed by atoms with Gasteiger partial charge in [0.25, 0.3) is 0 Å². The number of rotatable bonds is 9. The highest BCUT2D eigenvalue weighted by Crippen LogP contribution is 2.25. The Labute approximate surface area is 190 Å². The number of sulfonamides is 2. The van der Waals surface area contributed by atoms with Crippen molar-refractivity contribution in [3.8, 4) is 0 Å². The number of piperazine rings is 1. The Hall–Kier alpha value is -2.27. The summed E-state index contributed by atoms with van der Waals surface area (Å²) in [6.07, 6.45) is 2.69. The molecule has 1 amide bonds. The van der Waals surface area contributed by atoms with Crippen LogP contribution in [0.15, 0.2) is 70.5 Å². The normalized spacial score (nSPS) is 18.3. The second-order valence-corrected chi connectivity index (χ2v) is 11.4. The first kappa shape index (κ1) is 24.4. The van der Waals surface area contributed by atoms with E-state index < -0.39 is 32.0 Å². The van der Waals surface area contributed by atoms with E-state index in [2.05, 4.69) is 5.32 Å². The van der Waals surface area contributed by atoms with Gasteiger partial charge in [-0.25, -0.2) is 16.8 Å². The van der Waals surface area contributed by atoms with Gasteiger partial charge >= 0.3 is 0 Å². The largest absolute Gasteiger partial charge is 0.355 e. The van der Waals surface area contributed by atoms with E-state index in [1.807, 2.05) is 6.92 Å². The smallest absolute Gasteiger partial charge is 0.243 e. The Morgan fingerprint density at radius 3 is 2.00 bits per heavy atom. The monoisotopic (exact) mass is 479 g/mol. The third-order valence-corrected chi connectivity index (χ3v) is 9.21. The Morgan fingerprint density at radius 1 is 0.875 bits per heavy atom. The van der Waals surface area contributed by atoms with Crippen molar-refractivity contribution >= 4 is 26.0 Å². The summed E-state index contributed by atoms with van der Waals surface area (Å²) in [6.45, 7) is 2.05. The standard InChI is InChI=1S/C22H29N3O5S2/c1-2-3-10-15-23-22(26)21-18-24(31(27,28)19-11-6-4-7-12-19)16-17-25(21)32(29,30)20-13-8-5-9-14-20/h4-9,11-14,21H,2-3,10,15-18H2,1H3,(H,23,26)/t21-/m1/s1. The van der Waals surface area contributed by atoms with Crippen LogP contribution in [0.1, 0.15) is 26.2 Å². The highest BCUT2D eigenvalue weighted by Gasteiger charge is 2.43. The van der Waals surface area contributed by atoms with Crippen LogP contribution in [0.4, 0.5) is 0 Å². The van der Waals surface area contributed by atoms with Crippen LogP contribution in [0.25, 0.3) is 0 Å². The summed E-state index contributed by atoms with van der Waals surface area (Å²) in [4.78, 5) is 13.2. The van der Waals surface area contributed by atoms with Crippen LogP contribution in [0.2, 0.25) is 0 Å². The Morgan fingerprint density at radius 2 is 1.44 bits per heavy atom. The van der Waals surface area contributed by atoms with Crippen molar-refractivity contribution in [2.24, 2.45) is 0 Å². The maximum absolute atomic E-state index is 13.3. The number of nitrogens with zero attached hydrogens (tertiary/aromatic N) is 2. The first-order valence-electron chi connectivity index (χ1n) is 10.7. The molecule has 0 unspecified atom stereocenters. The summed E-state index contributed by atoms with van der Waals surface area (Å²) in [5.74, 6) is -0.492. The molecule has 10 heteroatoms. The highest BCUT2D eigenvalue weighted by atomic mass is 32.2. The van der Waals surface area contributed by atoms with E-state index in [9.17, 15) is 21.6 Å². The second kappa shape index (κ2) is 10.6. The van der Waals surface area contributed by atoms with Gasteiger partial charge < -0.3 is 5.32 Å². The minimum atomic E-state index is -3.97. The van der Waals surface area contributed by atoms with E-state index in [4.69, 9.17) is 0 Å². The number of unbranched alkanes of at least 4 members (excludes halogenated alkanes) is 2. The fourth-order valence-electron chi connectivity index (χ4n) is 3.63. The van der Waals surface area contributed by atoms with Gasteiger partial charge in [0.05, 0.1) is 9.79 Å². The lowest BCUT2D eigenvalue weighted by Gasteiger charge is -2.38. The van der Waals surface area contributed by atoms with Gasteiger partial charge in [0.15, 0.2) is 0 Å². The Kier molecular flexibility index (Phi) is 8.05. The summed E-state index contributed by atoms with van der Waals surface area (Å²) < 4.78 is 55.1. The molecule has 174 valence electrons. The van der Waals surface area contributed by atoms with E-state index in [0.717, 1.165) is 23.6 Å². The zero-order valence-electron chi connectivity index (χ0n) is 18.1. The Balaban J connectivity index is 1.89. The molecule has 1 heterocycles. The zero-order chi connectivity index (χ0) is 23.2. The van der Waals surface area contributed by atoms with Crippen LogP contribution < -0.4 is 5.32 Å². The summed E-state index contributed by atoms with van der Waals surface area (Å²) in [5.41, 5.74) is 0. The number of carbonyl (C=O) groups is 1. The molecule has 1 atom stereocenters. The molecule has 3 rings (SSSR count). The van der Waals surface area contributed by atoms with Crippen LogP contribution in [0, 0.1) is 0 Å². The molecule has 2 aromatic carbocycles. The number of carbonyl (C=O) groups excluding carboxylic acids is 1. The van der Waals surface area contributed by atoms with E-state index in [-0.39, 0.29) is 29.4 Å². The average Bonchev–Trinajstić information content (AvgIpc) is 2.82. The fourth-order valence-corrected chi connectivity index (χ4v) is 6.68. The quantitative estimate of drug-likeness (QED) is 0.555. The molecule has 1 N–H and O–H groups in total. The minimum Gasteiger partial charge on any atom is -0.355 e. The predicted octanol–water partition coefficient (Wildman–Crippen LogP) is 2.06. The van der Waals surface area contributed by atoms with E-state index >= 15 is 0 Å². The van der Waals surface area contributed by atoms with Crippen molar-refractivity contribution < 1.29 is 21.6 Å². The van der Waals surface area contributed by atoms with Gasteiger partial charge in [-0.15, -0.1) is 0 Å². The number of benzene rings is 2.